The van der Waals surface area contributed by atoms with Crippen molar-refractivity contribution in [2.24, 2.45) is 4.99 Å². The summed E-state index contributed by atoms with van der Waals surface area (Å²) in [5, 5.41) is 7.26. The van der Waals surface area contributed by atoms with Crippen LogP contribution in [0.25, 0.3) is 0 Å². The average molecular weight is 405 g/mol. The zero-order valence-corrected chi connectivity index (χ0v) is 19.0. The quantitative estimate of drug-likeness (QED) is 0.387. The molecule has 166 valence electrons. The molecule has 0 aromatic carbocycles. The number of rotatable bonds is 7. The Labute approximate surface area is 178 Å². The monoisotopic (exact) mass is 404 g/mol. The second-order valence-electron chi connectivity index (χ2n) is 9.28. The van der Waals surface area contributed by atoms with E-state index in [0.717, 1.165) is 38.7 Å². The van der Waals surface area contributed by atoms with Gasteiger partial charge >= 0.3 is 0 Å². The molecular weight excluding hydrogens is 360 g/mol. The second-order valence-corrected chi connectivity index (χ2v) is 9.28. The molecule has 3 fully saturated rings. The molecule has 0 spiro atoms. The van der Waals surface area contributed by atoms with Crippen molar-refractivity contribution in [2.45, 2.75) is 63.5 Å². The van der Waals surface area contributed by atoms with Crippen molar-refractivity contribution in [3.8, 4) is 0 Å². The molecule has 0 aromatic rings. The molecule has 0 atom stereocenters. The van der Waals surface area contributed by atoms with Crippen molar-refractivity contribution in [1.82, 2.24) is 25.3 Å². The van der Waals surface area contributed by atoms with Crippen molar-refractivity contribution >= 4 is 5.96 Å². The van der Waals surface area contributed by atoms with E-state index in [1.807, 2.05) is 6.08 Å². The van der Waals surface area contributed by atoms with Gasteiger partial charge in [-0.3, -0.25) is 14.8 Å². The van der Waals surface area contributed by atoms with Gasteiger partial charge in [-0.05, 0) is 78.7 Å². The van der Waals surface area contributed by atoms with Crippen molar-refractivity contribution < 1.29 is 0 Å². The normalized spacial score (nSPS) is 25.7. The zero-order valence-electron chi connectivity index (χ0n) is 19.0. The molecule has 0 saturated carbocycles. The molecule has 2 N–H and O–H groups in total. The third-order valence-electron chi connectivity index (χ3n) is 7.14. The van der Waals surface area contributed by atoms with Crippen molar-refractivity contribution in [2.75, 3.05) is 66.0 Å². The highest BCUT2D eigenvalue weighted by atomic mass is 15.3. The largest absolute Gasteiger partial charge is 0.357 e. The van der Waals surface area contributed by atoms with Gasteiger partial charge in [-0.2, -0.15) is 0 Å². The number of aliphatic imine (C=N–C) groups is 1. The lowest BCUT2D eigenvalue weighted by atomic mass is 9.84. The van der Waals surface area contributed by atoms with Crippen LogP contribution in [0, 0.1) is 0 Å². The van der Waals surface area contributed by atoms with Crippen molar-refractivity contribution in [3.05, 3.63) is 12.7 Å². The van der Waals surface area contributed by atoms with E-state index >= 15 is 0 Å². The fourth-order valence-electron chi connectivity index (χ4n) is 5.16. The van der Waals surface area contributed by atoms with E-state index in [2.05, 4.69) is 45.9 Å². The van der Waals surface area contributed by atoms with Crippen LogP contribution in [-0.4, -0.2) is 98.2 Å². The Morgan fingerprint density at radius 3 is 2.38 bits per heavy atom. The molecule has 3 saturated heterocycles. The van der Waals surface area contributed by atoms with Crippen LogP contribution in [0.1, 0.15) is 51.9 Å². The van der Waals surface area contributed by atoms with Crippen molar-refractivity contribution in [3.63, 3.8) is 0 Å². The van der Waals surface area contributed by atoms with Crippen LogP contribution in [0.3, 0.4) is 0 Å². The molecule has 0 amide bonds. The van der Waals surface area contributed by atoms with Crippen LogP contribution in [-0.2, 0) is 0 Å². The average Bonchev–Trinajstić information content (AvgIpc) is 2.76. The fourth-order valence-corrected chi connectivity index (χ4v) is 5.16. The third-order valence-corrected chi connectivity index (χ3v) is 7.14. The van der Waals surface area contributed by atoms with Crippen molar-refractivity contribution in [1.29, 1.82) is 0 Å². The zero-order chi connectivity index (χ0) is 20.5. The first-order valence-corrected chi connectivity index (χ1v) is 12.0. The smallest absolute Gasteiger partial charge is 0.191 e. The Kier molecular flexibility index (Phi) is 8.82. The van der Waals surface area contributed by atoms with Gasteiger partial charge in [0, 0.05) is 37.8 Å². The van der Waals surface area contributed by atoms with Gasteiger partial charge in [-0.15, -0.1) is 6.58 Å². The number of piperidine rings is 3. The molecule has 6 nitrogen and oxygen atoms in total. The van der Waals surface area contributed by atoms with Gasteiger partial charge in [0.1, 0.15) is 0 Å². The Balaban J connectivity index is 1.62. The predicted molar refractivity (Wildman–Crippen MR) is 124 cm³/mol. The topological polar surface area (TPSA) is 46.1 Å². The number of likely N-dealkylation sites (tertiary alicyclic amines) is 3. The molecule has 6 heteroatoms. The first-order valence-electron chi connectivity index (χ1n) is 12.0. The van der Waals surface area contributed by atoms with E-state index in [-0.39, 0.29) is 5.54 Å². The van der Waals surface area contributed by atoms with Crippen LogP contribution in [0.4, 0.5) is 0 Å². The lowest BCUT2D eigenvalue weighted by Gasteiger charge is -2.49. The number of hydrogen-bond acceptors (Lipinski definition) is 4. The van der Waals surface area contributed by atoms with E-state index in [1.54, 1.807) is 0 Å². The molecule has 0 unspecified atom stereocenters. The lowest BCUT2D eigenvalue weighted by molar-refractivity contribution is 0.0208. The molecule has 29 heavy (non-hydrogen) atoms. The summed E-state index contributed by atoms with van der Waals surface area (Å²) in [4.78, 5) is 12.9. The van der Waals surface area contributed by atoms with Gasteiger partial charge in [-0.1, -0.05) is 12.5 Å². The molecule has 3 rings (SSSR count). The maximum absolute atomic E-state index is 5.16. The van der Waals surface area contributed by atoms with Gasteiger partial charge in [0.25, 0.3) is 0 Å². The molecule has 0 aliphatic carbocycles. The summed E-state index contributed by atoms with van der Waals surface area (Å²) < 4.78 is 0. The molecule has 3 aliphatic rings. The fraction of sp³-hybridized carbons (Fsp3) is 0.870. The van der Waals surface area contributed by atoms with E-state index in [4.69, 9.17) is 4.99 Å². The summed E-state index contributed by atoms with van der Waals surface area (Å²) in [6, 6.07) is 0.525. The van der Waals surface area contributed by atoms with Gasteiger partial charge in [-0.25, -0.2) is 0 Å². The van der Waals surface area contributed by atoms with Gasteiger partial charge < -0.3 is 15.5 Å². The molecule has 3 heterocycles. The molecule has 0 bridgehead atoms. The van der Waals surface area contributed by atoms with Crippen LogP contribution < -0.4 is 10.6 Å². The Morgan fingerprint density at radius 2 is 1.76 bits per heavy atom. The highest BCUT2D eigenvalue weighted by molar-refractivity contribution is 5.80. The van der Waals surface area contributed by atoms with Gasteiger partial charge in [0.15, 0.2) is 5.96 Å². The summed E-state index contributed by atoms with van der Waals surface area (Å²) in [6.07, 6.45) is 11.0. The van der Waals surface area contributed by atoms with Crippen LogP contribution in [0.2, 0.25) is 0 Å². The first-order chi connectivity index (χ1) is 14.1. The number of guanidine groups is 1. The minimum absolute atomic E-state index is 0.253. The standard InChI is InChI=1S/C23H44N6/c1-4-13-28-16-9-21(10-17-28)26-22(24-5-2)25-20-23(11-18-27(3)19-12-23)29-14-7-6-8-15-29/h4,21H,1,5-20H2,2-3H3,(H2,24,25,26). The highest BCUT2D eigenvalue weighted by Crippen LogP contribution is 2.31. The third kappa shape index (κ3) is 6.43. The highest BCUT2D eigenvalue weighted by Gasteiger charge is 2.39. The molecule has 0 radical (unpaired) electrons. The summed E-state index contributed by atoms with van der Waals surface area (Å²) in [6.45, 7) is 16.1. The predicted octanol–water partition coefficient (Wildman–Crippen LogP) is 2.14. The number of hydrogen-bond donors (Lipinski definition) is 2. The maximum Gasteiger partial charge on any atom is 0.191 e. The van der Waals surface area contributed by atoms with Crippen LogP contribution >= 0.6 is 0 Å². The van der Waals surface area contributed by atoms with Gasteiger partial charge in [0.05, 0.1) is 6.54 Å². The number of nitrogens with zero attached hydrogens (tertiary/aromatic N) is 4. The summed E-state index contributed by atoms with van der Waals surface area (Å²) in [7, 11) is 2.26. The van der Waals surface area contributed by atoms with E-state index in [9.17, 15) is 0 Å². The molecule has 3 aliphatic heterocycles. The summed E-state index contributed by atoms with van der Waals surface area (Å²) in [5.41, 5.74) is 0.253. The molecule has 0 aromatic heterocycles. The maximum atomic E-state index is 5.16. The minimum Gasteiger partial charge on any atom is -0.357 e. The minimum atomic E-state index is 0.253. The Bertz CT molecular complexity index is 511. The van der Waals surface area contributed by atoms with Crippen LogP contribution in [0.5, 0.6) is 0 Å². The SMILES string of the molecule is C=CCN1CCC(NC(=NCC2(N3CCCCC3)CCN(C)CC2)NCC)CC1. The summed E-state index contributed by atoms with van der Waals surface area (Å²) in [5.74, 6) is 1.02. The van der Waals surface area contributed by atoms with E-state index in [0.29, 0.717) is 6.04 Å². The lowest BCUT2D eigenvalue weighted by Crippen LogP contribution is -2.58. The molecular formula is C23H44N6. The number of nitrogens with one attached hydrogen (secondary N) is 2. The summed E-state index contributed by atoms with van der Waals surface area (Å²) >= 11 is 0. The van der Waals surface area contributed by atoms with Gasteiger partial charge in [0.2, 0.25) is 0 Å². The second kappa shape index (κ2) is 11.3. The Hall–Kier alpha value is -1.11. The first kappa shape index (κ1) is 22.6. The Morgan fingerprint density at radius 1 is 1.07 bits per heavy atom. The van der Waals surface area contributed by atoms with Crippen LogP contribution in [0.15, 0.2) is 17.6 Å². The van der Waals surface area contributed by atoms with E-state index in [1.165, 1.54) is 71.1 Å². The van der Waals surface area contributed by atoms with E-state index < -0.39 is 0 Å².